The summed E-state index contributed by atoms with van der Waals surface area (Å²) in [4.78, 5) is 30.9. The molecule has 2 unspecified atom stereocenters. The second kappa shape index (κ2) is 9.19. The predicted octanol–water partition coefficient (Wildman–Crippen LogP) is 2.98. The summed E-state index contributed by atoms with van der Waals surface area (Å²) < 4.78 is 28.1. The van der Waals surface area contributed by atoms with Crippen molar-refractivity contribution in [2.45, 2.75) is 33.3 Å². The first kappa shape index (κ1) is 21.7. The molecular formula is C19H25N3O5S2. The molecule has 29 heavy (non-hydrogen) atoms. The minimum absolute atomic E-state index is 0.125. The van der Waals surface area contributed by atoms with Crippen LogP contribution >= 0.6 is 11.3 Å². The number of aromatic nitrogens is 1. The van der Waals surface area contributed by atoms with E-state index < -0.39 is 21.7 Å². The van der Waals surface area contributed by atoms with Gasteiger partial charge in [-0.05, 0) is 39.3 Å². The van der Waals surface area contributed by atoms with Crippen molar-refractivity contribution in [3.05, 3.63) is 29.0 Å². The Bertz CT molecular complexity index is 1000. The molecule has 2 atom stereocenters. The highest BCUT2D eigenvalue weighted by atomic mass is 32.2. The zero-order valence-electron chi connectivity index (χ0n) is 16.8. The van der Waals surface area contributed by atoms with Crippen LogP contribution < -0.4 is 0 Å². The zero-order chi connectivity index (χ0) is 21.0. The van der Waals surface area contributed by atoms with Gasteiger partial charge in [-0.3, -0.25) is 9.59 Å². The van der Waals surface area contributed by atoms with Crippen LogP contribution in [0.25, 0.3) is 10.8 Å². The number of furan rings is 1. The van der Waals surface area contributed by atoms with E-state index in [1.165, 1.54) is 11.3 Å². The smallest absolute Gasteiger partial charge is 0.304 e. The first-order valence-corrected chi connectivity index (χ1v) is 12.2. The van der Waals surface area contributed by atoms with Crippen LogP contribution in [0.15, 0.2) is 26.3 Å². The molecule has 158 valence electrons. The van der Waals surface area contributed by atoms with Crippen molar-refractivity contribution in [1.29, 1.82) is 0 Å². The Kier molecular flexibility index (Phi) is 6.86. The van der Waals surface area contributed by atoms with E-state index in [-0.39, 0.29) is 23.1 Å². The van der Waals surface area contributed by atoms with Gasteiger partial charge in [0.25, 0.3) is 5.91 Å². The SMILES string of the molecule is CCOC(C)C(=O)N1CCCS(=O)(=NC(=O)c2csc(-c3ccc(C)o3)n2)CC1. The van der Waals surface area contributed by atoms with E-state index in [0.717, 1.165) is 5.76 Å². The van der Waals surface area contributed by atoms with Gasteiger partial charge in [-0.25, -0.2) is 9.19 Å². The molecule has 0 radical (unpaired) electrons. The van der Waals surface area contributed by atoms with Gasteiger partial charge >= 0.3 is 5.91 Å². The fourth-order valence-corrected chi connectivity index (χ4v) is 5.69. The Hall–Kier alpha value is -2.04. The highest BCUT2D eigenvalue weighted by Crippen LogP contribution is 2.26. The number of carbonyl (C=O) groups excluding carboxylic acids is 2. The normalized spacial score (nSPS) is 20.9. The number of hydrogen-bond donors (Lipinski definition) is 0. The van der Waals surface area contributed by atoms with Gasteiger partial charge in [0.1, 0.15) is 17.6 Å². The van der Waals surface area contributed by atoms with Gasteiger partial charge in [0.15, 0.2) is 10.8 Å². The summed E-state index contributed by atoms with van der Waals surface area (Å²) in [5, 5.41) is 2.17. The van der Waals surface area contributed by atoms with E-state index in [0.29, 0.717) is 36.9 Å². The number of ether oxygens (including phenoxy) is 1. The zero-order valence-corrected chi connectivity index (χ0v) is 18.4. The largest absolute Gasteiger partial charge is 0.459 e. The van der Waals surface area contributed by atoms with Crippen LogP contribution in [-0.4, -0.2) is 63.2 Å². The molecule has 10 heteroatoms. The predicted molar refractivity (Wildman–Crippen MR) is 111 cm³/mol. The van der Waals surface area contributed by atoms with Gasteiger partial charge in [-0.1, -0.05) is 0 Å². The number of hydrogen-bond acceptors (Lipinski definition) is 7. The van der Waals surface area contributed by atoms with E-state index in [9.17, 15) is 13.8 Å². The van der Waals surface area contributed by atoms with Gasteiger partial charge < -0.3 is 14.1 Å². The van der Waals surface area contributed by atoms with Crippen LogP contribution in [-0.2, 0) is 19.3 Å². The van der Waals surface area contributed by atoms with Gasteiger partial charge in [-0.15, -0.1) is 11.3 Å². The third-order valence-corrected chi connectivity index (χ3v) is 7.67. The molecule has 0 saturated carbocycles. The molecule has 2 aromatic rings. The lowest BCUT2D eigenvalue weighted by molar-refractivity contribution is -0.142. The molecule has 1 aliphatic heterocycles. The molecule has 1 aliphatic rings. The molecule has 0 aliphatic carbocycles. The van der Waals surface area contributed by atoms with Crippen LogP contribution in [0.5, 0.6) is 0 Å². The Morgan fingerprint density at radius 2 is 2.17 bits per heavy atom. The second-order valence-electron chi connectivity index (χ2n) is 6.80. The standard InChI is InChI=1S/C19H25N3O5S2/c1-4-26-14(3)19(24)22-8-5-10-29(25,11-9-22)21-17(23)15-12-28-18(20-15)16-7-6-13(2)27-16/h6-7,12,14H,4-5,8-11H2,1-3H3. The average molecular weight is 440 g/mol. The topological polar surface area (TPSA) is 102 Å². The molecule has 0 bridgehead atoms. The average Bonchev–Trinajstić information content (AvgIpc) is 3.29. The number of thiazole rings is 1. The van der Waals surface area contributed by atoms with Crippen molar-refractivity contribution in [2.75, 3.05) is 31.2 Å². The quantitative estimate of drug-likeness (QED) is 0.710. The highest BCUT2D eigenvalue weighted by molar-refractivity contribution is 7.93. The number of aryl methyl sites for hydroxylation is 1. The summed E-state index contributed by atoms with van der Waals surface area (Å²) in [6, 6.07) is 3.62. The van der Waals surface area contributed by atoms with E-state index >= 15 is 0 Å². The summed E-state index contributed by atoms with van der Waals surface area (Å²) in [5.41, 5.74) is 0.156. The molecular weight excluding hydrogens is 414 g/mol. The number of carbonyl (C=O) groups is 2. The van der Waals surface area contributed by atoms with Crippen LogP contribution in [0.1, 0.15) is 36.5 Å². The molecule has 1 fully saturated rings. The fourth-order valence-electron chi connectivity index (χ4n) is 3.07. The third-order valence-electron chi connectivity index (χ3n) is 4.57. The molecule has 1 saturated heterocycles. The monoisotopic (exact) mass is 439 g/mol. The summed E-state index contributed by atoms with van der Waals surface area (Å²) in [6.45, 7) is 6.60. The molecule has 8 nitrogen and oxygen atoms in total. The Labute approximate surface area is 174 Å². The summed E-state index contributed by atoms with van der Waals surface area (Å²) in [7, 11) is -2.75. The summed E-state index contributed by atoms with van der Waals surface area (Å²) >= 11 is 1.28. The Morgan fingerprint density at radius 3 is 2.86 bits per heavy atom. The van der Waals surface area contributed by atoms with Crippen LogP contribution in [0, 0.1) is 6.92 Å². The highest BCUT2D eigenvalue weighted by Gasteiger charge is 2.26. The van der Waals surface area contributed by atoms with E-state index in [1.54, 1.807) is 23.3 Å². The number of rotatable bonds is 5. The van der Waals surface area contributed by atoms with Crippen LogP contribution in [0.2, 0.25) is 0 Å². The molecule has 0 aromatic carbocycles. The Balaban J connectivity index is 1.71. The van der Waals surface area contributed by atoms with Crippen molar-refractivity contribution < 1.29 is 23.0 Å². The van der Waals surface area contributed by atoms with E-state index in [2.05, 4.69) is 9.35 Å². The fraction of sp³-hybridized carbons (Fsp3) is 0.526. The van der Waals surface area contributed by atoms with Gasteiger partial charge in [-0.2, -0.15) is 4.36 Å². The minimum Gasteiger partial charge on any atom is -0.459 e. The van der Waals surface area contributed by atoms with Crippen molar-refractivity contribution in [2.24, 2.45) is 4.36 Å². The Morgan fingerprint density at radius 1 is 1.38 bits per heavy atom. The maximum Gasteiger partial charge on any atom is 0.304 e. The lowest BCUT2D eigenvalue weighted by atomic mass is 10.3. The maximum atomic E-state index is 13.2. The van der Waals surface area contributed by atoms with Gasteiger partial charge in [0.2, 0.25) is 0 Å². The number of nitrogens with zero attached hydrogens (tertiary/aromatic N) is 3. The van der Waals surface area contributed by atoms with Crippen LogP contribution in [0.4, 0.5) is 0 Å². The summed E-state index contributed by atoms with van der Waals surface area (Å²) in [6.07, 6.45) is -0.0137. The molecule has 3 heterocycles. The van der Waals surface area contributed by atoms with E-state index in [4.69, 9.17) is 9.15 Å². The minimum atomic E-state index is -2.75. The molecule has 0 N–H and O–H groups in total. The van der Waals surface area contributed by atoms with Gasteiger partial charge in [0.05, 0.1) is 9.73 Å². The van der Waals surface area contributed by atoms with Crippen LogP contribution in [0.3, 0.4) is 0 Å². The van der Waals surface area contributed by atoms with Gasteiger partial charge in [0, 0.05) is 36.6 Å². The molecule has 2 aromatic heterocycles. The lowest BCUT2D eigenvalue weighted by Gasteiger charge is -2.23. The van der Waals surface area contributed by atoms with Crippen molar-refractivity contribution in [3.8, 4) is 10.8 Å². The summed E-state index contributed by atoms with van der Waals surface area (Å²) in [5.74, 6) is 1.06. The molecule has 2 amide bonds. The second-order valence-corrected chi connectivity index (χ2v) is 10.2. The third kappa shape index (κ3) is 5.31. The van der Waals surface area contributed by atoms with E-state index in [1.807, 2.05) is 19.9 Å². The lowest BCUT2D eigenvalue weighted by Crippen LogP contribution is -2.40. The maximum absolute atomic E-state index is 13.2. The molecule has 3 rings (SSSR count). The molecule has 0 spiro atoms. The number of amides is 2. The van der Waals surface area contributed by atoms with Crippen molar-refractivity contribution in [1.82, 2.24) is 9.88 Å². The first-order valence-electron chi connectivity index (χ1n) is 9.51. The van der Waals surface area contributed by atoms with Crippen molar-refractivity contribution >= 4 is 32.9 Å². The first-order chi connectivity index (χ1) is 13.8. The van der Waals surface area contributed by atoms with Crippen molar-refractivity contribution in [3.63, 3.8) is 0 Å².